The number of carbonyl (C=O) groups is 1. The van der Waals surface area contributed by atoms with Gasteiger partial charge in [0.1, 0.15) is 0 Å². The van der Waals surface area contributed by atoms with Gasteiger partial charge in [0.15, 0.2) is 17.7 Å². The van der Waals surface area contributed by atoms with Crippen LogP contribution in [0.2, 0.25) is 0 Å². The minimum atomic E-state index is -0.620. The fourth-order valence-corrected chi connectivity index (χ4v) is 3.04. The maximum Gasteiger partial charge on any atom is 0.277 e. The minimum Gasteiger partial charge on any atom is -0.478 e. The summed E-state index contributed by atoms with van der Waals surface area (Å²) in [7, 11) is 0. The highest BCUT2D eigenvalue weighted by molar-refractivity contribution is 7.99. The van der Waals surface area contributed by atoms with Crippen LogP contribution >= 0.6 is 11.8 Å². The Morgan fingerprint density at radius 2 is 1.86 bits per heavy atom. The summed E-state index contributed by atoms with van der Waals surface area (Å²) in [5.41, 5.74) is 1.03. The topological polar surface area (TPSA) is 77.2 Å². The maximum absolute atomic E-state index is 13.7. The van der Waals surface area contributed by atoms with E-state index in [2.05, 4.69) is 15.5 Å². The fraction of sp³-hybridized carbons (Fsp3) is 0.250. The van der Waals surface area contributed by atoms with Crippen molar-refractivity contribution in [2.75, 3.05) is 5.75 Å². The van der Waals surface area contributed by atoms with Gasteiger partial charge in [-0.2, -0.15) is 0 Å². The van der Waals surface area contributed by atoms with Gasteiger partial charge in [-0.25, -0.2) is 4.39 Å². The molecule has 0 saturated heterocycles. The van der Waals surface area contributed by atoms with Crippen LogP contribution in [0, 0.1) is 5.82 Å². The Morgan fingerprint density at radius 1 is 1.14 bits per heavy atom. The van der Waals surface area contributed by atoms with Crippen LogP contribution in [-0.2, 0) is 4.79 Å². The number of para-hydroxylation sites is 1. The van der Waals surface area contributed by atoms with E-state index in [9.17, 15) is 9.18 Å². The molecular weight excluding hydrogens is 381 g/mol. The summed E-state index contributed by atoms with van der Waals surface area (Å²) in [6.07, 6.45) is -0.620. The number of halogens is 1. The summed E-state index contributed by atoms with van der Waals surface area (Å²) in [5, 5.41) is 11.0. The van der Waals surface area contributed by atoms with E-state index in [1.165, 1.54) is 12.1 Å². The largest absolute Gasteiger partial charge is 0.478 e. The van der Waals surface area contributed by atoms with Crippen molar-refractivity contribution in [2.24, 2.45) is 0 Å². The zero-order valence-electron chi connectivity index (χ0n) is 15.5. The quantitative estimate of drug-likeness (QED) is 0.567. The van der Waals surface area contributed by atoms with Gasteiger partial charge in [0, 0.05) is 0 Å². The first-order valence-corrected chi connectivity index (χ1v) is 9.73. The lowest BCUT2D eigenvalue weighted by Crippen LogP contribution is -2.28. The first kappa shape index (κ1) is 19.9. The van der Waals surface area contributed by atoms with Crippen LogP contribution in [0.3, 0.4) is 0 Å². The smallest absolute Gasteiger partial charge is 0.277 e. The van der Waals surface area contributed by atoms with Crippen molar-refractivity contribution in [3.05, 3.63) is 71.9 Å². The van der Waals surface area contributed by atoms with E-state index in [1.54, 1.807) is 19.1 Å². The van der Waals surface area contributed by atoms with Crippen molar-refractivity contribution in [3.8, 4) is 5.75 Å². The third-order valence-electron chi connectivity index (χ3n) is 3.91. The van der Waals surface area contributed by atoms with Gasteiger partial charge in [0.2, 0.25) is 5.91 Å². The second kappa shape index (κ2) is 9.36. The molecule has 8 heteroatoms. The number of hydrogen-bond acceptors (Lipinski definition) is 6. The zero-order chi connectivity index (χ0) is 19.9. The molecule has 1 aromatic heterocycles. The molecule has 2 aromatic carbocycles. The summed E-state index contributed by atoms with van der Waals surface area (Å²) in [4.78, 5) is 12.1. The fourth-order valence-electron chi connectivity index (χ4n) is 2.46. The summed E-state index contributed by atoms with van der Waals surface area (Å²) >= 11 is 1.13. The van der Waals surface area contributed by atoms with Gasteiger partial charge in [0.05, 0.1) is 11.8 Å². The van der Waals surface area contributed by atoms with Crippen LogP contribution in [-0.4, -0.2) is 21.9 Å². The second-order valence-corrected chi connectivity index (χ2v) is 7.01. The number of ether oxygens (including phenoxy) is 1. The number of hydrogen-bond donors (Lipinski definition) is 1. The lowest BCUT2D eigenvalue weighted by molar-refractivity contribution is -0.119. The molecule has 0 aliphatic rings. The van der Waals surface area contributed by atoms with E-state index in [-0.39, 0.29) is 34.6 Å². The molecule has 0 fully saturated rings. The number of thioether (sulfide) groups is 1. The Hall–Kier alpha value is -2.87. The van der Waals surface area contributed by atoms with Crippen molar-refractivity contribution in [3.63, 3.8) is 0 Å². The normalized spacial score (nSPS) is 13.0. The third kappa shape index (κ3) is 5.32. The Morgan fingerprint density at radius 3 is 2.61 bits per heavy atom. The lowest BCUT2D eigenvalue weighted by Gasteiger charge is -2.13. The highest BCUT2D eigenvalue weighted by atomic mass is 32.2. The molecule has 28 heavy (non-hydrogen) atoms. The highest BCUT2D eigenvalue weighted by Gasteiger charge is 2.18. The van der Waals surface area contributed by atoms with Gasteiger partial charge in [-0.15, -0.1) is 10.2 Å². The molecule has 2 atom stereocenters. The first-order chi connectivity index (χ1) is 13.5. The Bertz CT molecular complexity index is 920. The molecule has 0 unspecified atom stereocenters. The Balaban J connectivity index is 1.50. The standard InChI is InChI=1S/C20H20FN3O3S/c1-13(15-8-4-3-5-9-15)22-18(25)12-28-20-24-23-19(27-20)14(2)26-17-11-7-6-10-16(17)21/h3-11,13-14H,12H2,1-2H3,(H,22,25)/t13-,14+/m0/s1. The summed E-state index contributed by atoms with van der Waals surface area (Å²) in [6.45, 7) is 3.60. The van der Waals surface area contributed by atoms with Crippen LogP contribution in [0.4, 0.5) is 4.39 Å². The molecule has 0 aliphatic carbocycles. The van der Waals surface area contributed by atoms with E-state index in [1.807, 2.05) is 37.3 Å². The predicted octanol–water partition coefficient (Wildman–Crippen LogP) is 4.32. The van der Waals surface area contributed by atoms with Crippen molar-refractivity contribution in [1.29, 1.82) is 0 Å². The average molecular weight is 401 g/mol. The molecule has 3 aromatic rings. The summed E-state index contributed by atoms with van der Waals surface area (Å²) in [5.74, 6) is -0.147. The molecule has 1 N–H and O–H groups in total. The number of nitrogens with zero attached hydrogens (tertiary/aromatic N) is 2. The summed E-state index contributed by atoms with van der Waals surface area (Å²) in [6, 6.07) is 15.7. The van der Waals surface area contributed by atoms with E-state index >= 15 is 0 Å². The van der Waals surface area contributed by atoms with Crippen molar-refractivity contribution in [1.82, 2.24) is 15.5 Å². The second-order valence-electron chi connectivity index (χ2n) is 6.09. The van der Waals surface area contributed by atoms with Crippen LogP contribution < -0.4 is 10.1 Å². The molecule has 0 radical (unpaired) electrons. The van der Waals surface area contributed by atoms with Crippen LogP contribution in [0.15, 0.2) is 64.2 Å². The van der Waals surface area contributed by atoms with Gasteiger partial charge in [0.25, 0.3) is 11.1 Å². The molecule has 1 heterocycles. The molecular formula is C20H20FN3O3S. The molecule has 0 bridgehead atoms. The predicted molar refractivity (Wildman–Crippen MR) is 103 cm³/mol. The number of nitrogens with one attached hydrogen (secondary N) is 1. The maximum atomic E-state index is 13.7. The van der Waals surface area contributed by atoms with Crippen LogP contribution in [0.5, 0.6) is 5.75 Å². The van der Waals surface area contributed by atoms with Crippen LogP contribution in [0.25, 0.3) is 0 Å². The number of aromatic nitrogens is 2. The molecule has 0 aliphatic heterocycles. The number of benzene rings is 2. The van der Waals surface area contributed by atoms with Gasteiger partial charge in [-0.3, -0.25) is 4.79 Å². The van der Waals surface area contributed by atoms with E-state index in [4.69, 9.17) is 9.15 Å². The van der Waals surface area contributed by atoms with Crippen molar-refractivity contribution in [2.45, 2.75) is 31.2 Å². The average Bonchev–Trinajstić information content (AvgIpc) is 3.18. The lowest BCUT2D eigenvalue weighted by atomic mass is 10.1. The molecule has 6 nitrogen and oxygen atoms in total. The molecule has 0 saturated carbocycles. The first-order valence-electron chi connectivity index (χ1n) is 8.74. The molecule has 3 rings (SSSR count). The van der Waals surface area contributed by atoms with Gasteiger partial charge in [-0.05, 0) is 31.5 Å². The highest BCUT2D eigenvalue weighted by Crippen LogP contribution is 2.25. The Labute approximate surface area is 166 Å². The Kier molecular flexibility index (Phi) is 6.65. The van der Waals surface area contributed by atoms with E-state index in [0.29, 0.717) is 0 Å². The third-order valence-corrected chi connectivity index (χ3v) is 4.73. The van der Waals surface area contributed by atoms with E-state index < -0.39 is 11.9 Å². The number of rotatable bonds is 8. The van der Waals surface area contributed by atoms with Gasteiger partial charge >= 0.3 is 0 Å². The molecule has 1 amide bonds. The number of carbonyl (C=O) groups excluding carboxylic acids is 1. The van der Waals surface area contributed by atoms with Gasteiger partial charge in [-0.1, -0.05) is 54.2 Å². The van der Waals surface area contributed by atoms with Crippen LogP contribution in [0.1, 0.15) is 37.4 Å². The number of amides is 1. The minimum absolute atomic E-state index is 0.0956. The molecule has 146 valence electrons. The van der Waals surface area contributed by atoms with Crippen molar-refractivity contribution < 1.29 is 18.3 Å². The zero-order valence-corrected chi connectivity index (χ0v) is 16.3. The van der Waals surface area contributed by atoms with Gasteiger partial charge < -0.3 is 14.5 Å². The summed E-state index contributed by atoms with van der Waals surface area (Å²) < 4.78 is 24.7. The molecule has 0 spiro atoms. The monoisotopic (exact) mass is 401 g/mol. The SMILES string of the molecule is C[C@H](NC(=O)CSc1nnc([C@@H](C)Oc2ccccc2F)o1)c1ccccc1. The van der Waals surface area contributed by atoms with E-state index in [0.717, 1.165) is 17.3 Å². The van der Waals surface area contributed by atoms with Crippen molar-refractivity contribution >= 4 is 17.7 Å².